The molecule has 7 heteroatoms. The van der Waals surface area contributed by atoms with Crippen LogP contribution in [0.4, 0.5) is 0 Å². The Bertz CT molecular complexity index is 547. The van der Waals surface area contributed by atoms with Gasteiger partial charge < -0.3 is 9.84 Å². The fraction of sp³-hybridized carbons (Fsp3) is 0.300. The number of rotatable bonds is 4. The van der Waals surface area contributed by atoms with E-state index in [0.29, 0.717) is 11.4 Å². The number of ether oxygens (including phenoxy) is 1. The molecule has 0 aliphatic rings. The first-order valence-electron chi connectivity index (χ1n) is 4.88. The molecule has 0 radical (unpaired) electrons. The van der Waals surface area contributed by atoms with Crippen LogP contribution in [0.5, 0.6) is 5.75 Å². The van der Waals surface area contributed by atoms with Crippen LogP contribution in [0.3, 0.4) is 0 Å². The Kier molecular flexibility index (Phi) is 3.10. The zero-order chi connectivity index (χ0) is 12.4. The predicted octanol–water partition coefficient (Wildman–Crippen LogP) is 1.46. The number of carboxylic acid groups (broad SMARTS) is 1. The van der Waals surface area contributed by atoms with Gasteiger partial charge in [0.25, 0.3) is 0 Å². The number of carbonyl (C=O) groups is 1. The summed E-state index contributed by atoms with van der Waals surface area (Å²) in [7, 11) is 1.76. The molecular formula is C10H11N3O3S. The van der Waals surface area contributed by atoms with E-state index in [4.69, 9.17) is 9.84 Å². The summed E-state index contributed by atoms with van der Waals surface area (Å²) < 4.78 is 7.00. The van der Waals surface area contributed by atoms with Gasteiger partial charge in [-0.05, 0) is 13.0 Å². The van der Waals surface area contributed by atoms with E-state index in [-0.39, 0.29) is 11.5 Å². The maximum absolute atomic E-state index is 10.9. The molecule has 1 N–H and O–H groups in total. The molecular weight excluding hydrogens is 242 g/mol. The minimum Gasteiger partial charge on any atom is -0.485 e. The van der Waals surface area contributed by atoms with Crippen LogP contribution in [0.2, 0.25) is 0 Å². The van der Waals surface area contributed by atoms with E-state index in [9.17, 15) is 4.79 Å². The van der Waals surface area contributed by atoms with Crippen molar-refractivity contribution in [3.63, 3.8) is 0 Å². The molecule has 2 heterocycles. The van der Waals surface area contributed by atoms with Gasteiger partial charge in [0, 0.05) is 11.9 Å². The normalized spacial score (nSPS) is 10.5. The summed E-state index contributed by atoms with van der Waals surface area (Å²) in [6.07, 6.45) is 1.72. The third-order valence-corrected chi connectivity index (χ3v) is 3.06. The summed E-state index contributed by atoms with van der Waals surface area (Å²) in [6.45, 7) is 2.05. The Morgan fingerprint density at radius 2 is 2.41 bits per heavy atom. The van der Waals surface area contributed by atoms with E-state index in [1.165, 1.54) is 11.3 Å². The highest BCUT2D eigenvalue weighted by molar-refractivity contribution is 7.14. The van der Waals surface area contributed by atoms with E-state index in [0.717, 1.165) is 4.88 Å². The number of aromatic carboxylic acids is 1. The van der Waals surface area contributed by atoms with Gasteiger partial charge in [-0.25, -0.2) is 4.79 Å². The zero-order valence-corrected chi connectivity index (χ0v) is 10.2. The molecule has 0 aromatic carbocycles. The summed E-state index contributed by atoms with van der Waals surface area (Å²) in [5, 5.41) is 16.6. The molecule has 0 amide bonds. The van der Waals surface area contributed by atoms with Crippen molar-refractivity contribution in [2.45, 2.75) is 13.5 Å². The largest absolute Gasteiger partial charge is 0.485 e. The monoisotopic (exact) mass is 253 g/mol. The summed E-state index contributed by atoms with van der Waals surface area (Å²) in [6, 6.07) is 1.71. The molecule has 0 aliphatic carbocycles. The van der Waals surface area contributed by atoms with Crippen molar-refractivity contribution in [1.29, 1.82) is 0 Å². The lowest BCUT2D eigenvalue weighted by atomic mass is 10.4. The van der Waals surface area contributed by atoms with Gasteiger partial charge in [-0.3, -0.25) is 4.68 Å². The standard InChI is InChI=1S/C10H11N3O3S/c1-6-3-8(9(17-6)10(14)15)16-5-7-4-13(2)12-11-7/h3-4H,5H2,1-2H3,(H,14,15). The predicted molar refractivity (Wildman–Crippen MR) is 61.4 cm³/mol. The van der Waals surface area contributed by atoms with Crippen molar-refractivity contribution in [3.05, 3.63) is 27.7 Å². The average Bonchev–Trinajstić information content (AvgIpc) is 2.82. The van der Waals surface area contributed by atoms with E-state index in [1.54, 1.807) is 24.0 Å². The molecule has 0 spiro atoms. The second kappa shape index (κ2) is 4.54. The van der Waals surface area contributed by atoms with Gasteiger partial charge in [0.1, 0.15) is 18.1 Å². The lowest BCUT2D eigenvalue weighted by molar-refractivity contribution is 0.0697. The van der Waals surface area contributed by atoms with Gasteiger partial charge in [0.2, 0.25) is 0 Å². The first-order valence-corrected chi connectivity index (χ1v) is 5.69. The third kappa shape index (κ3) is 2.62. The Morgan fingerprint density at radius 3 is 3.00 bits per heavy atom. The van der Waals surface area contributed by atoms with Crippen molar-refractivity contribution in [2.75, 3.05) is 0 Å². The van der Waals surface area contributed by atoms with Crippen LogP contribution >= 0.6 is 11.3 Å². The number of aromatic nitrogens is 3. The number of hydrogen-bond acceptors (Lipinski definition) is 5. The minimum absolute atomic E-state index is 0.213. The molecule has 2 aromatic heterocycles. The second-order valence-corrected chi connectivity index (χ2v) is 4.78. The molecule has 0 fully saturated rings. The molecule has 6 nitrogen and oxygen atoms in total. The summed E-state index contributed by atoms with van der Waals surface area (Å²) >= 11 is 1.20. The number of thiophene rings is 1. The lowest BCUT2D eigenvalue weighted by Gasteiger charge is -2.01. The summed E-state index contributed by atoms with van der Waals surface area (Å²) in [4.78, 5) is 12.1. The Morgan fingerprint density at radius 1 is 1.65 bits per heavy atom. The fourth-order valence-electron chi connectivity index (χ4n) is 1.36. The van der Waals surface area contributed by atoms with Crippen LogP contribution in [0.25, 0.3) is 0 Å². The van der Waals surface area contributed by atoms with Gasteiger partial charge in [-0.2, -0.15) is 0 Å². The van der Waals surface area contributed by atoms with Crippen molar-refractivity contribution in [3.8, 4) is 5.75 Å². The highest BCUT2D eigenvalue weighted by Gasteiger charge is 2.15. The third-order valence-electron chi connectivity index (χ3n) is 2.04. The van der Waals surface area contributed by atoms with E-state index < -0.39 is 5.97 Å². The average molecular weight is 253 g/mol. The van der Waals surface area contributed by atoms with Crippen LogP contribution in [0, 0.1) is 6.92 Å². The smallest absolute Gasteiger partial charge is 0.349 e. The van der Waals surface area contributed by atoms with E-state index in [2.05, 4.69) is 10.3 Å². The van der Waals surface area contributed by atoms with Gasteiger partial charge in [-0.1, -0.05) is 5.21 Å². The maximum atomic E-state index is 10.9. The number of aryl methyl sites for hydroxylation is 2. The molecule has 2 rings (SSSR count). The highest BCUT2D eigenvalue weighted by Crippen LogP contribution is 2.29. The summed E-state index contributed by atoms with van der Waals surface area (Å²) in [5.74, 6) is -0.595. The van der Waals surface area contributed by atoms with Crippen molar-refractivity contribution < 1.29 is 14.6 Å². The zero-order valence-electron chi connectivity index (χ0n) is 9.38. The Hall–Kier alpha value is -1.89. The van der Waals surface area contributed by atoms with Crippen LogP contribution in [-0.4, -0.2) is 26.1 Å². The van der Waals surface area contributed by atoms with Crippen LogP contribution in [0.1, 0.15) is 20.2 Å². The first kappa shape index (κ1) is 11.6. The molecule has 0 saturated carbocycles. The maximum Gasteiger partial charge on any atom is 0.349 e. The van der Waals surface area contributed by atoms with Crippen LogP contribution in [-0.2, 0) is 13.7 Å². The Balaban J connectivity index is 2.11. The van der Waals surface area contributed by atoms with Crippen molar-refractivity contribution >= 4 is 17.3 Å². The molecule has 2 aromatic rings. The molecule has 0 aliphatic heterocycles. The van der Waals surface area contributed by atoms with Crippen LogP contribution in [0.15, 0.2) is 12.3 Å². The van der Waals surface area contributed by atoms with E-state index >= 15 is 0 Å². The quantitative estimate of drug-likeness (QED) is 0.892. The summed E-state index contributed by atoms with van der Waals surface area (Å²) in [5.41, 5.74) is 0.660. The van der Waals surface area contributed by atoms with Crippen LogP contribution < -0.4 is 4.74 Å². The SMILES string of the molecule is Cc1cc(OCc2cn(C)nn2)c(C(=O)O)s1. The fourth-order valence-corrected chi connectivity index (χ4v) is 2.15. The number of nitrogens with zero attached hydrogens (tertiary/aromatic N) is 3. The Labute approximate surface area is 101 Å². The first-order chi connectivity index (χ1) is 8.06. The molecule has 0 unspecified atom stereocenters. The minimum atomic E-state index is -0.975. The van der Waals surface area contributed by atoms with Gasteiger partial charge in [0.05, 0.1) is 6.20 Å². The topological polar surface area (TPSA) is 77.2 Å². The lowest BCUT2D eigenvalue weighted by Crippen LogP contribution is -2.00. The number of hydrogen-bond donors (Lipinski definition) is 1. The second-order valence-electron chi connectivity index (χ2n) is 3.53. The molecule has 90 valence electrons. The molecule has 0 bridgehead atoms. The van der Waals surface area contributed by atoms with Gasteiger partial charge in [-0.15, -0.1) is 16.4 Å². The highest BCUT2D eigenvalue weighted by atomic mass is 32.1. The molecule has 17 heavy (non-hydrogen) atoms. The van der Waals surface area contributed by atoms with Gasteiger partial charge in [0.15, 0.2) is 4.88 Å². The molecule has 0 atom stereocenters. The van der Waals surface area contributed by atoms with Crippen molar-refractivity contribution in [1.82, 2.24) is 15.0 Å². The van der Waals surface area contributed by atoms with Crippen molar-refractivity contribution in [2.24, 2.45) is 7.05 Å². The molecule has 0 saturated heterocycles. The number of carboxylic acids is 1. The van der Waals surface area contributed by atoms with E-state index in [1.807, 2.05) is 6.92 Å². The van der Waals surface area contributed by atoms with Gasteiger partial charge >= 0.3 is 5.97 Å².